The van der Waals surface area contributed by atoms with Crippen molar-refractivity contribution in [2.45, 2.75) is 37.1 Å². The van der Waals surface area contributed by atoms with Crippen LogP contribution in [0.4, 0.5) is 8.78 Å². The van der Waals surface area contributed by atoms with E-state index in [9.17, 15) is 22.0 Å². The summed E-state index contributed by atoms with van der Waals surface area (Å²) in [6.07, 6.45) is 1.24. The first-order chi connectivity index (χ1) is 9.29. The summed E-state index contributed by atoms with van der Waals surface area (Å²) in [6, 6.07) is 1.32. The maximum Gasteiger partial charge on any atom is 0.321 e. The number of halogens is 2. The first-order valence-electron chi connectivity index (χ1n) is 5.98. The van der Waals surface area contributed by atoms with Gasteiger partial charge in [-0.25, -0.2) is 17.2 Å². The van der Waals surface area contributed by atoms with Crippen LogP contribution in [0, 0.1) is 11.6 Å². The lowest BCUT2D eigenvalue weighted by molar-refractivity contribution is -0.139. The van der Waals surface area contributed by atoms with Gasteiger partial charge in [-0.1, -0.05) is 25.8 Å². The number of carboxylic acids is 1. The van der Waals surface area contributed by atoms with Gasteiger partial charge in [-0.05, 0) is 18.6 Å². The van der Waals surface area contributed by atoms with Crippen LogP contribution in [-0.2, 0) is 14.8 Å². The third-order valence-electron chi connectivity index (χ3n) is 2.65. The van der Waals surface area contributed by atoms with Gasteiger partial charge < -0.3 is 5.11 Å². The Morgan fingerprint density at radius 2 is 2.05 bits per heavy atom. The summed E-state index contributed by atoms with van der Waals surface area (Å²) < 4.78 is 52.2. The number of sulfonamides is 1. The molecule has 0 unspecified atom stereocenters. The highest BCUT2D eigenvalue weighted by Crippen LogP contribution is 2.17. The van der Waals surface area contributed by atoms with E-state index in [0.29, 0.717) is 12.8 Å². The lowest BCUT2D eigenvalue weighted by atomic mass is 10.1. The number of benzene rings is 1. The van der Waals surface area contributed by atoms with E-state index in [1.54, 1.807) is 0 Å². The highest BCUT2D eigenvalue weighted by atomic mass is 32.2. The maximum atomic E-state index is 13.5. The number of carbonyl (C=O) groups is 1. The molecule has 0 fully saturated rings. The summed E-state index contributed by atoms with van der Waals surface area (Å²) in [5.74, 6) is -4.20. The normalized spacial score (nSPS) is 13.2. The highest BCUT2D eigenvalue weighted by Gasteiger charge is 2.28. The van der Waals surface area contributed by atoms with Gasteiger partial charge in [0.25, 0.3) is 0 Å². The molecular formula is C12H15F2NO4S. The molecule has 20 heavy (non-hydrogen) atoms. The molecule has 2 N–H and O–H groups in total. The van der Waals surface area contributed by atoms with Crippen molar-refractivity contribution in [2.24, 2.45) is 0 Å². The molecule has 0 saturated carbocycles. The van der Waals surface area contributed by atoms with Gasteiger partial charge in [0, 0.05) is 0 Å². The van der Waals surface area contributed by atoms with E-state index >= 15 is 0 Å². The van der Waals surface area contributed by atoms with Crippen LogP contribution in [0.1, 0.15) is 26.2 Å². The minimum atomic E-state index is -4.43. The Balaban J connectivity index is 3.04. The topological polar surface area (TPSA) is 83.5 Å². The van der Waals surface area contributed by atoms with E-state index in [4.69, 9.17) is 5.11 Å². The molecule has 0 heterocycles. The predicted octanol–water partition coefficient (Wildman–Crippen LogP) is 1.89. The zero-order chi connectivity index (χ0) is 15.3. The molecule has 0 aliphatic heterocycles. The molecule has 8 heteroatoms. The summed E-state index contributed by atoms with van der Waals surface area (Å²) in [5.41, 5.74) is 0. The second kappa shape index (κ2) is 6.76. The van der Waals surface area contributed by atoms with Gasteiger partial charge in [-0.15, -0.1) is 0 Å². The molecule has 0 aliphatic carbocycles. The maximum absolute atomic E-state index is 13.5. The summed E-state index contributed by atoms with van der Waals surface area (Å²) in [5, 5.41) is 8.94. The first-order valence-corrected chi connectivity index (χ1v) is 7.47. The Bertz CT molecular complexity index is 589. The van der Waals surface area contributed by atoms with Gasteiger partial charge in [0.1, 0.15) is 10.9 Å². The molecule has 0 aliphatic rings. The number of nitrogens with one attached hydrogen (secondary N) is 1. The monoisotopic (exact) mass is 307 g/mol. The molecule has 0 radical (unpaired) electrons. The van der Waals surface area contributed by atoms with Crippen molar-refractivity contribution in [3.63, 3.8) is 0 Å². The lowest BCUT2D eigenvalue weighted by Crippen LogP contribution is -2.41. The largest absolute Gasteiger partial charge is 0.480 e. The summed E-state index contributed by atoms with van der Waals surface area (Å²) in [4.78, 5) is 10.1. The van der Waals surface area contributed by atoms with Crippen molar-refractivity contribution < 1.29 is 27.1 Å². The SMILES string of the molecule is CCCC[C@H](NS(=O)(=O)c1cccc(F)c1F)C(=O)O. The summed E-state index contributed by atoms with van der Waals surface area (Å²) >= 11 is 0. The number of hydrogen-bond acceptors (Lipinski definition) is 3. The molecule has 1 atom stereocenters. The van der Waals surface area contributed by atoms with Crippen LogP contribution in [0.5, 0.6) is 0 Å². The molecule has 0 aromatic heterocycles. The Morgan fingerprint density at radius 3 is 2.60 bits per heavy atom. The van der Waals surface area contributed by atoms with E-state index in [2.05, 4.69) is 0 Å². The molecule has 0 spiro atoms. The molecule has 112 valence electrons. The van der Waals surface area contributed by atoms with Crippen LogP contribution < -0.4 is 4.72 Å². The molecule has 0 bridgehead atoms. The Morgan fingerprint density at radius 1 is 1.40 bits per heavy atom. The number of aliphatic carboxylic acids is 1. The molecule has 5 nitrogen and oxygen atoms in total. The number of hydrogen-bond donors (Lipinski definition) is 2. The average Bonchev–Trinajstić information content (AvgIpc) is 2.37. The fraction of sp³-hybridized carbons (Fsp3) is 0.417. The van der Waals surface area contributed by atoms with Crippen LogP contribution in [0.25, 0.3) is 0 Å². The molecule has 0 amide bonds. The summed E-state index contributed by atoms with van der Waals surface area (Å²) in [6.45, 7) is 1.82. The second-order valence-corrected chi connectivity index (χ2v) is 5.89. The van der Waals surface area contributed by atoms with Crippen molar-refractivity contribution in [3.8, 4) is 0 Å². The first kappa shape index (κ1) is 16.5. The van der Waals surface area contributed by atoms with Crippen LogP contribution in [0.15, 0.2) is 23.1 Å². The average molecular weight is 307 g/mol. The molecule has 1 rings (SSSR count). The van der Waals surface area contributed by atoms with Gasteiger partial charge >= 0.3 is 5.97 Å². The molecular weight excluding hydrogens is 292 g/mol. The van der Waals surface area contributed by atoms with E-state index in [1.165, 1.54) is 0 Å². The Hall–Kier alpha value is -1.54. The van der Waals surface area contributed by atoms with E-state index < -0.39 is 38.6 Å². The minimum Gasteiger partial charge on any atom is -0.480 e. The quantitative estimate of drug-likeness (QED) is 0.805. The fourth-order valence-corrected chi connectivity index (χ4v) is 2.89. The molecule has 1 aromatic rings. The number of rotatable bonds is 7. The van der Waals surface area contributed by atoms with E-state index in [1.807, 2.05) is 11.6 Å². The minimum absolute atomic E-state index is 0.0714. The van der Waals surface area contributed by atoms with Crippen LogP contribution >= 0.6 is 0 Å². The summed E-state index contributed by atoms with van der Waals surface area (Å²) in [7, 11) is -4.43. The van der Waals surface area contributed by atoms with Crippen molar-refractivity contribution in [2.75, 3.05) is 0 Å². The Kier molecular flexibility index (Phi) is 5.58. The third kappa shape index (κ3) is 3.97. The third-order valence-corrected chi connectivity index (χ3v) is 4.14. The smallest absolute Gasteiger partial charge is 0.321 e. The second-order valence-electron chi connectivity index (χ2n) is 4.21. The molecule has 1 aromatic carbocycles. The van der Waals surface area contributed by atoms with Gasteiger partial charge in [0.05, 0.1) is 0 Å². The van der Waals surface area contributed by atoms with Crippen LogP contribution in [0.2, 0.25) is 0 Å². The van der Waals surface area contributed by atoms with Crippen molar-refractivity contribution in [3.05, 3.63) is 29.8 Å². The lowest BCUT2D eigenvalue weighted by Gasteiger charge is -2.14. The molecule has 0 saturated heterocycles. The van der Waals surface area contributed by atoms with Crippen molar-refractivity contribution in [1.82, 2.24) is 4.72 Å². The van der Waals surface area contributed by atoms with Crippen molar-refractivity contribution in [1.29, 1.82) is 0 Å². The van der Waals surface area contributed by atoms with Gasteiger partial charge in [-0.3, -0.25) is 4.79 Å². The highest BCUT2D eigenvalue weighted by molar-refractivity contribution is 7.89. The van der Waals surface area contributed by atoms with Gasteiger partial charge in [0.15, 0.2) is 11.6 Å². The number of carboxylic acid groups (broad SMARTS) is 1. The standard InChI is InChI=1S/C12H15F2NO4S/c1-2-3-6-9(12(16)17)15-20(18,19)10-7-4-5-8(13)11(10)14/h4-5,7,9,15H,2-3,6H2,1H3,(H,16,17)/t9-/m0/s1. The van der Waals surface area contributed by atoms with Crippen LogP contribution in [0.3, 0.4) is 0 Å². The fourth-order valence-electron chi connectivity index (χ4n) is 1.58. The van der Waals surface area contributed by atoms with Gasteiger partial charge in [0.2, 0.25) is 10.0 Å². The van der Waals surface area contributed by atoms with Gasteiger partial charge in [-0.2, -0.15) is 4.72 Å². The Labute approximate surface area is 115 Å². The zero-order valence-electron chi connectivity index (χ0n) is 10.8. The van der Waals surface area contributed by atoms with Crippen LogP contribution in [-0.4, -0.2) is 25.5 Å². The van der Waals surface area contributed by atoms with E-state index in [0.717, 1.165) is 18.2 Å². The van der Waals surface area contributed by atoms with E-state index in [-0.39, 0.29) is 6.42 Å². The van der Waals surface area contributed by atoms with Crippen molar-refractivity contribution >= 4 is 16.0 Å². The zero-order valence-corrected chi connectivity index (χ0v) is 11.6. The number of unbranched alkanes of at least 4 members (excludes halogenated alkanes) is 1. The predicted molar refractivity (Wildman–Crippen MR) is 67.6 cm³/mol.